The number of benzene rings is 2. The summed E-state index contributed by atoms with van der Waals surface area (Å²) in [5.74, 6) is -0.149. The molecule has 4 rings (SSSR count). The van der Waals surface area contributed by atoms with Crippen molar-refractivity contribution in [1.82, 2.24) is 14.1 Å². The van der Waals surface area contributed by atoms with Gasteiger partial charge in [0.25, 0.3) is 0 Å². The average molecular weight is 498 g/mol. The van der Waals surface area contributed by atoms with Gasteiger partial charge in [-0.25, -0.2) is 8.42 Å². The van der Waals surface area contributed by atoms with Crippen LogP contribution < -0.4 is 0 Å². The lowest BCUT2D eigenvalue weighted by Crippen LogP contribution is -2.46. The lowest BCUT2D eigenvalue weighted by molar-refractivity contribution is -0.135. The third kappa shape index (κ3) is 4.81. The molecule has 0 spiro atoms. The molecule has 0 N–H and O–H groups in total. The van der Waals surface area contributed by atoms with Gasteiger partial charge in [0.05, 0.1) is 24.7 Å². The summed E-state index contributed by atoms with van der Waals surface area (Å²) in [6.07, 6.45) is -0.848. The maximum absolute atomic E-state index is 13.6. The molecule has 2 heterocycles. The van der Waals surface area contributed by atoms with Gasteiger partial charge in [-0.05, 0) is 31.2 Å². The first kappa shape index (κ1) is 23.5. The smallest absolute Gasteiger partial charge is 0.245 e. The molecule has 2 saturated heterocycles. The molecule has 0 aromatic heterocycles. The molecular formula is C22H25Cl2N3O4S. The van der Waals surface area contributed by atoms with E-state index in [9.17, 15) is 13.2 Å². The van der Waals surface area contributed by atoms with E-state index >= 15 is 0 Å². The molecule has 32 heavy (non-hydrogen) atoms. The minimum Gasteiger partial charge on any atom is -0.379 e. The molecule has 0 saturated carbocycles. The van der Waals surface area contributed by atoms with Crippen LogP contribution in [0.25, 0.3) is 0 Å². The van der Waals surface area contributed by atoms with Crippen LogP contribution in [0.4, 0.5) is 0 Å². The van der Waals surface area contributed by atoms with Crippen LogP contribution in [-0.2, 0) is 19.6 Å². The lowest BCUT2D eigenvalue weighted by atomic mass is 10.1. The number of halogens is 2. The average Bonchev–Trinajstić information content (AvgIpc) is 3.21. The van der Waals surface area contributed by atoms with E-state index in [1.165, 1.54) is 4.31 Å². The van der Waals surface area contributed by atoms with Crippen molar-refractivity contribution in [2.75, 3.05) is 45.9 Å². The van der Waals surface area contributed by atoms with Crippen molar-refractivity contribution in [2.24, 2.45) is 0 Å². The summed E-state index contributed by atoms with van der Waals surface area (Å²) in [5.41, 5.74) is 1.49. The number of aryl methyl sites for hydroxylation is 1. The summed E-state index contributed by atoms with van der Waals surface area (Å²) < 4.78 is 33.8. The maximum atomic E-state index is 13.6. The van der Waals surface area contributed by atoms with Gasteiger partial charge in [0.1, 0.15) is 6.17 Å². The molecule has 0 unspecified atom stereocenters. The Balaban J connectivity index is 1.69. The van der Waals surface area contributed by atoms with Crippen molar-refractivity contribution in [2.45, 2.75) is 18.0 Å². The second-order valence-electron chi connectivity index (χ2n) is 7.94. The molecule has 2 fully saturated rings. The van der Waals surface area contributed by atoms with Crippen LogP contribution in [-0.4, -0.2) is 74.4 Å². The zero-order valence-corrected chi connectivity index (χ0v) is 20.0. The maximum Gasteiger partial charge on any atom is 0.245 e. The van der Waals surface area contributed by atoms with Crippen molar-refractivity contribution in [3.63, 3.8) is 0 Å². The summed E-state index contributed by atoms with van der Waals surface area (Å²) in [5, 5.41) is 0.758. The number of nitrogens with zero attached hydrogens (tertiary/aromatic N) is 3. The van der Waals surface area contributed by atoms with Crippen LogP contribution in [0.5, 0.6) is 0 Å². The molecule has 2 aliphatic heterocycles. The first-order chi connectivity index (χ1) is 15.3. The first-order valence-corrected chi connectivity index (χ1v) is 12.6. The Morgan fingerprint density at radius 1 is 1.03 bits per heavy atom. The van der Waals surface area contributed by atoms with Crippen LogP contribution in [0.2, 0.25) is 10.0 Å². The summed E-state index contributed by atoms with van der Waals surface area (Å²) in [7, 11) is -3.86. The normalized spacial score (nSPS) is 20.6. The molecule has 0 bridgehead atoms. The summed E-state index contributed by atoms with van der Waals surface area (Å²) in [4.78, 5) is 17.1. The van der Waals surface area contributed by atoms with Crippen LogP contribution in [0.1, 0.15) is 17.3 Å². The Morgan fingerprint density at radius 3 is 2.38 bits per heavy atom. The topological polar surface area (TPSA) is 70.2 Å². The van der Waals surface area contributed by atoms with Crippen LogP contribution >= 0.6 is 23.2 Å². The van der Waals surface area contributed by atoms with Crippen molar-refractivity contribution in [3.05, 3.63) is 63.6 Å². The Bertz CT molecular complexity index is 1090. The highest BCUT2D eigenvalue weighted by Crippen LogP contribution is 2.39. The zero-order valence-electron chi connectivity index (χ0n) is 17.7. The number of amides is 1. The van der Waals surface area contributed by atoms with Crippen LogP contribution in [0.15, 0.2) is 47.4 Å². The van der Waals surface area contributed by atoms with Gasteiger partial charge in [-0.3, -0.25) is 9.69 Å². The number of carbonyl (C=O) groups excluding carboxylic acids is 1. The second-order valence-corrected chi connectivity index (χ2v) is 10.7. The van der Waals surface area contributed by atoms with E-state index in [0.717, 1.165) is 5.56 Å². The number of hydrogen-bond acceptors (Lipinski definition) is 5. The van der Waals surface area contributed by atoms with Gasteiger partial charge in [-0.2, -0.15) is 4.31 Å². The number of ether oxygens (including phenoxy) is 1. The monoisotopic (exact) mass is 497 g/mol. The zero-order chi connectivity index (χ0) is 22.9. The Morgan fingerprint density at radius 2 is 1.72 bits per heavy atom. The van der Waals surface area contributed by atoms with E-state index in [-0.39, 0.29) is 30.4 Å². The minimum atomic E-state index is -3.86. The van der Waals surface area contributed by atoms with E-state index in [4.69, 9.17) is 27.9 Å². The quantitative estimate of drug-likeness (QED) is 0.634. The van der Waals surface area contributed by atoms with Crippen molar-refractivity contribution in [3.8, 4) is 0 Å². The molecule has 10 heteroatoms. The van der Waals surface area contributed by atoms with Crippen LogP contribution in [0.3, 0.4) is 0 Å². The number of hydrogen-bond donors (Lipinski definition) is 0. The number of rotatable bonds is 5. The molecule has 2 aliphatic rings. The predicted octanol–water partition coefficient (Wildman–Crippen LogP) is 3.17. The van der Waals surface area contributed by atoms with E-state index in [0.29, 0.717) is 41.9 Å². The molecule has 0 aliphatic carbocycles. The number of carbonyl (C=O) groups is 1. The van der Waals surface area contributed by atoms with Gasteiger partial charge in [-0.1, -0.05) is 47.0 Å². The third-order valence-corrected chi connectivity index (χ3v) is 8.21. The number of morpholine rings is 1. The molecule has 1 amide bonds. The third-order valence-electron chi connectivity index (χ3n) is 5.78. The Hall–Kier alpha value is -1.68. The van der Waals surface area contributed by atoms with E-state index in [2.05, 4.69) is 0 Å². The van der Waals surface area contributed by atoms with Gasteiger partial charge in [0.2, 0.25) is 15.9 Å². The largest absolute Gasteiger partial charge is 0.379 e. The van der Waals surface area contributed by atoms with E-state index in [1.54, 1.807) is 47.4 Å². The first-order valence-electron chi connectivity index (χ1n) is 10.4. The molecule has 1 atom stereocenters. The molecule has 7 nitrogen and oxygen atoms in total. The predicted molar refractivity (Wildman–Crippen MR) is 123 cm³/mol. The van der Waals surface area contributed by atoms with Gasteiger partial charge in [-0.15, -0.1) is 0 Å². The van der Waals surface area contributed by atoms with Crippen LogP contribution in [0, 0.1) is 6.92 Å². The van der Waals surface area contributed by atoms with Gasteiger partial charge in [0.15, 0.2) is 0 Å². The Labute approximate surface area is 198 Å². The molecule has 172 valence electrons. The minimum absolute atomic E-state index is 0.149. The second kappa shape index (κ2) is 9.67. The fourth-order valence-electron chi connectivity index (χ4n) is 4.04. The summed E-state index contributed by atoms with van der Waals surface area (Å²) in [6.45, 7) is 5.03. The van der Waals surface area contributed by atoms with Gasteiger partial charge < -0.3 is 9.64 Å². The Kier molecular flexibility index (Phi) is 7.09. The van der Waals surface area contributed by atoms with E-state index in [1.807, 2.05) is 11.8 Å². The molecule has 2 aromatic carbocycles. The lowest BCUT2D eigenvalue weighted by Gasteiger charge is -2.33. The highest BCUT2D eigenvalue weighted by Gasteiger charge is 2.44. The van der Waals surface area contributed by atoms with Crippen molar-refractivity contribution < 1.29 is 17.9 Å². The number of sulfonamides is 1. The summed E-state index contributed by atoms with van der Waals surface area (Å²) >= 11 is 12.6. The SMILES string of the molecule is Cc1ccc(S(=O)(=O)N2CCN(C(=O)CN3CCOCC3)[C@@H]2c2ccc(Cl)cc2Cl)cc1. The molecule has 2 aromatic rings. The molecule has 0 radical (unpaired) electrons. The van der Waals surface area contributed by atoms with Gasteiger partial charge in [0, 0.05) is 41.8 Å². The van der Waals surface area contributed by atoms with Crippen molar-refractivity contribution in [1.29, 1.82) is 0 Å². The highest BCUT2D eigenvalue weighted by molar-refractivity contribution is 7.89. The fraction of sp³-hybridized carbons (Fsp3) is 0.409. The summed E-state index contributed by atoms with van der Waals surface area (Å²) in [6, 6.07) is 11.6. The van der Waals surface area contributed by atoms with Gasteiger partial charge >= 0.3 is 0 Å². The van der Waals surface area contributed by atoms with E-state index < -0.39 is 16.2 Å². The van der Waals surface area contributed by atoms with Crippen molar-refractivity contribution >= 4 is 39.1 Å². The fourth-order valence-corrected chi connectivity index (χ4v) is 6.11. The standard InChI is InChI=1S/C22H25Cl2N3O4S/c1-16-2-5-18(6-3-16)32(29,30)27-9-8-26(21(28)15-25-10-12-31-13-11-25)22(27)19-7-4-17(23)14-20(19)24/h2-7,14,22H,8-13,15H2,1H3/t22-/m0/s1. The highest BCUT2D eigenvalue weighted by atomic mass is 35.5. The molecular weight excluding hydrogens is 473 g/mol.